The average Bonchev–Trinajstić information content (AvgIpc) is 2.94. The molecule has 0 bridgehead atoms. The lowest BCUT2D eigenvalue weighted by molar-refractivity contribution is -0.156. The van der Waals surface area contributed by atoms with Crippen LogP contribution in [0.4, 0.5) is 0 Å². The molecule has 0 atom stereocenters. The Morgan fingerprint density at radius 3 is 2.13 bits per heavy atom. The Morgan fingerprint density at radius 2 is 1.65 bits per heavy atom. The molecule has 1 saturated carbocycles. The fourth-order valence-corrected chi connectivity index (χ4v) is 3.35. The third-order valence-corrected chi connectivity index (χ3v) is 4.38. The summed E-state index contributed by atoms with van der Waals surface area (Å²) >= 11 is 0. The van der Waals surface area contributed by atoms with Crippen LogP contribution in [0.3, 0.4) is 0 Å². The number of carbonyl (C=O) groups excluding carboxylic acids is 2. The number of methoxy groups -OCH3 is 1. The summed E-state index contributed by atoms with van der Waals surface area (Å²) < 4.78 is 10.2. The van der Waals surface area contributed by atoms with Crippen molar-refractivity contribution in [2.75, 3.05) is 7.11 Å². The van der Waals surface area contributed by atoms with Crippen LogP contribution in [0.2, 0.25) is 0 Å². The average molecular weight is 318 g/mol. The molecule has 4 heteroatoms. The molecular formula is C19H26O4. The van der Waals surface area contributed by atoms with Gasteiger partial charge in [-0.05, 0) is 51.3 Å². The van der Waals surface area contributed by atoms with Crippen LogP contribution in [0.5, 0.6) is 0 Å². The predicted molar refractivity (Wildman–Crippen MR) is 88.4 cm³/mol. The van der Waals surface area contributed by atoms with E-state index in [-0.39, 0.29) is 17.4 Å². The second kappa shape index (κ2) is 6.73. The smallest absolute Gasteiger partial charge is 0.337 e. The van der Waals surface area contributed by atoms with Gasteiger partial charge in [0, 0.05) is 5.41 Å². The van der Waals surface area contributed by atoms with Gasteiger partial charge >= 0.3 is 11.9 Å². The Bertz CT molecular complexity index is 560. The van der Waals surface area contributed by atoms with Crippen LogP contribution in [0.1, 0.15) is 68.8 Å². The summed E-state index contributed by atoms with van der Waals surface area (Å²) in [6.07, 6.45) is 4.57. The Balaban J connectivity index is 2.20. The van der Waals surface area contributed by atoms with Crippen molar-refractivity contribution in [2.45, 2.75) is 63.9 Å². The first-order valence-corrected chi connectivity index (χ1v) is 8.16. The molecule has 0 heterocycles. The molecule has 1 aliphatic rings. The monoisotopic (exact) mass is 318 g/mol. The minimum absolute atomic E-state index is 0.156. The molecule has 0 radical (unpaired) electrons. The molecule has 2 rings (SSSR count). The molecular weight excluding hydrogens is 292 g/mol. The summed E-state index contributed by atoms with van der Waals surface area (Å²) in [6.45, 7) is 5.66. The Kier molecular flexibility index (Phi) is 5.12. The van der Waals surface area contributed by atoms with E-state index in [1.165, 1.54) is 7.11 Å². The van der Waals surface area contributed by atoms with Gasteiger partial charge in [-0.15, -0.1) is 0 Å². The first-order valence-electron chi connectivity index (χ1n) is 8.16. The second-order valence-corrected chi connectivity index (χ2v) is 7.32. The van der Waals surface area contributed by atoms with Gasteiger partial charge in [0.25, 0.3) is 0 Å². The summed E-state index contributed by atoms with van der Waals surface area (Å²) in [5.74, 6) is -0.499. The summed E-state index contributed by atoms with van der Waals surface area (Å²) in [6, 6.07) is 7.44. The molecule has 0 amide bonds. The molecule has 0 unspecified atom stereocenters. The molecule has 1 aromatic carbocycles. The van der Waals surface area contributed by atoms with Crippen LogP contribution >= 0.6 is 0 Å². The highest BCUT2D eigenvalue weighted by Gasteiger charge is 2.39. The highest BCUT2D eigenvalue weighted by atomic mass is 16.6. The fourth-order valence-electron chi connectivity index (χ4n) is 3.35. The first-order chi connectivity index (χ1) is 10.8. The summed E-state index contributed by atoms with van der Waals surface area (Å²) in [4.78, 5) is 23.9. The fraction of sp³-hybridized carbons (Fsp3) is 0.579. The van der Waals surface area contributed by atoms with E-state index >= 15 is 0 Å². The third kappa shape index (κ3) is 4.34. The largest absolute Gasteiger partial charge is 0.465 e. The minimum Gasteiger partial charge on any atom is -0.465 e. The van der Waals surface area contributed by atoms with E-state index in [1.807, 2.05) is 32.9 Å². The number of ether oxygens (including phenoxy) is 2. The van der Waals surface area contributed by atoms with Crippen molar-refractivity contribution in [3.05, 3.63) is 35.4 Å². The van der Waals surface area contributed by atoms with Gasteiger partial charge in [0.05, 0.1) is 19.1 Å². The van der Waals surface area contributed by atoms with E-state index < -0.39 is 5.60 Å². The normalized spacial score (nSPS) is 16.9. The Hall–Kier alpha value is -1.84. The van der Waals surface area contributed by atoms with Crippen LogP contribution in [0.25, 0.3) is 0 Å². The molecule has 0 aliphatic heterocycles. The van der Waals surface area contributed by atoms with E-state index in [9.17, 15) is 9.59 Å². The maximum atomic E-state index is 12.3. The van der Waals surface area contributed by atoms with Gasteiger partial charge in [0.15, 0.2) is 0 Å². The van der Waals surface area contributed by atoms with E-state index in [0.717, 1.165) is 31.2 Å². The van der Waals surface area contributed by atoms with Gasteiger partial charge in [-0.1, -0.05) is 25.0 Å². The summed E-state index contributed by atoms with van der Waals surface area (Å²) in [5.41, 5.74) is 0.998. The number of hydrogen-bond donors (Lipinski definition) is 0. The zero-order valence-electron chi connectivity index (χ0n) is 14.5. The van der Waals surface area contributed by atoms with Crippen molar-refractivity contribution < 1.29 is 19.1 Å². The van der Waals surface area contributed by atoms with Crippen molar-refractivity contribution in [1.29, 1.82) is 0 Å². The topological polar surface area (TPSA) is 52.6 Å². The van der Waals surface area contributed by atoms with E-state index in [0.29, 0.717) is 12.0 Å². The molecule has 0 saturated heterocycles. The molecule has 0 aromatic heterocycles. The number of esters is 2. The van der Waals surface area contributed by atoms with E-state index in [4.69, 9.17) is 9.47 Å². The third-order valence-electron chi connectivity index (χ3n) is 4.38. The number of benzene rings is 1. The second-order valence-electron chi connectivity index (χ2n) is 7.32. The van der Waals surface area contributed by atoms with Gasteiger partial charge in [0.1, 0.15) is 5.60 Å². The molecule has 0 N–H and O–H groups in total. The predicted octanol–water partition coefficient (Wildman–Crippen LogP) is 4.02. The van der Waals surface area contributed by atoms with Crippen molar-refractivity contribution in [2.24, 2.45) is 0 Å². The highest BCUT2D eigenvalue weighted by Crippen LogP contribution is 2.44. The maximum Gasteiger partial charge on any atom is 0.337 e. The zero-order chi connectivity index (χ0) is 17.1. The Morgan fingerprint density at radius 1 is 1.09 bits per heavy atom. The van der Waals surface area contributed by atoms with Crippen LogP contribution in [0, 0.1) is 0 Å². The molecule has 0 spiro atoms. The SMILES string of the molecule is COC(=O)c1ccc(C2(CC(=O)OC(C)(C)C)CCCC2)cc1. The van der Waals surface area contributed by atoms with Crippen LogP contribution in [0.15, 0.2) is 24.3 Å². The van der Waals surface area contributed by atoms with E-state index in [1.54, 1.807) is 12.1 Å². The lowest BCUT2D eigenvalue weighted by Gasteiger charge is -2.30. The van der Waals surface area contributed by atoms with E-state index in [2.05, 4.69) is 0 Å². The van der Waals surface area contributed by atoms with Gasteiger partial charge < -0.3 is 9.47 Å². The van der Waals surface area contributed by atoms with Gasteiger partial charge in [-0.25, -0.2) is 4.79 Å². The van der Waals surface area contributed by atoms with Crippen LogP contribution in [-0.4, -0.2) is 24.6 Å². The minimum atomic E-state index is -0.467. The van der Waals surface area contributed by atoms with Crippen molar-refractivity contribution in [1.82, 2.24) is 0 Å². The Labute approximate surface area is 138 Å². The highest BCUT2D eigenvalue weighted by molar-refractivity contribution is 5.89. The number of rotatable bonds is 4. The van der Waals surface area contributed by atoms with Gasteiger partial charge in [0.2, 0.25) is 0 Å². The lowest BCUT2D eigenvalue weighted by atomic mass is 9.76. The first kappa shape index (κ1) is 17.5. The van der Waals surface area contributed by atoms with Gasteiger partial charge in [-0.2, -0.15) is 0 Å². The number of carbonyl (C=O) groups is 2. The number of hydrogen-bond acceptors (Lipinski definition) is 4. The molecule has 1 fully saturated rings. The van der Waals surface area contributed by atoms with Crippen molar-refractivity contribution in [3.8, 4) is 0 Å². The zero-order valence-corrected chi connectivity index (χ0v) is 14.5. The summed E-state index contributed by atoms with van der Waals surface area (Å²) in [5, 5.41) is 0. The summed E-state index contributed by atoms with van der Waals surface area (Å²) in [7, 11) is 1.37. The van der Waals surface area contributed by atoms with Crippen LogP contribution in [-0.2, 0) is 19.7 Å². The quantitative estimate of drug-likeness (QED) is 0.787. The van der Waals surface area contributed by atoms with Crippen molar-refractivity contribution >= 4 is 11.9 Å². The van der Waals surface area contributed by atoms with Crippen LogP contribution < -0.4 is 0 Å². The van der Waals surface area contributed by atoms with Gasteiger partial charge in [-0.3, -0.25) is 4.79 Å². The molecule has 1 aliphatic carbocycles. The molecule has 1 aromatic rings. The van der Waals surface area contributed by atoms with Crippen molar-refractivity contribution in [3.63, 3.8) is 0 Å². The maximum absolute atomic E-state index is 12.3. The molecule has 126 valence electrons. The molecule has 23 heavy (non-hydrogen) atoms. The molecule has 4 nitrogen and oxygen atoms in total. The lowest BCUT2D eigenvalue weighted by Crippen LogP contribution is -2.31. The standard InChI is InChI=1S/C19H26O4/c1-18(2,3)23-16(20)13-19(11-5-6-12-19)15-9-7-14(8-10-15)17(21)22-4/h7-10H,5-6,11-13H2,1-4H3.